The van der Waals surface area contributed by atoms with Crippen LogP contribution in [0.25, 0.3) is 21.7 Å². The Morgan fingerprint density at radius 1 is 1.04 bits per heavy atom. The van der Waals surface area contributed by atoms with E-state index in [9.17, 15) is 4.79 Å². The number of benzene rings is 2. The molecule has 0 saturated carbocycles. The molecule has 0 aliphatic carbocycles. The molecule has 0 unspecified atom stereocenters. The van der Waals surface area contributed by atoms with E-state index in [0.717, 1.165) is 49.1 Å². The Balaban J connectivity index is 1.84. The minimum absolute atomic E-state index is 0.267. The first-order valence-corrected chi connectivity index (χ1v) is 8.06. The third kappa shape index (κ3) is 2.76. The number of likely N-dealkylation sites (N-methyl/N-ethyl adjacent to an activating group) is 1. The second kappa shape index (κ2) is 5.80. The first kappa shape index (κ1) is 14.4. The quantitative estimate of drug-likeness (QED) is 0.539. The van der Waals surface area contributed by atoms with Crippen LogP contribution in [-0.4, -0.2) is 43.0 Å². The largest absolute Gasteiger partial charge is 0.423 e. The summed E-state index contributed by atoms with van der Waals surface area (Å²) in [5.74, 6) is 0. The van der Waals surface area contributed by atoms with Crippen LogP contribution in [0, 0.1) is 0 Å². The minimum Gasteiger partial charge on any atom is -0.423 e. The van der Waals surface area contributed by atoms with Crippen molar-refractivity contribution in [3.05, 3.63) is 58.4 Å². The van der Waals surface area contributed by atoms with Gasteiger partial charge in [0.05, 0.1) is 0 Å². The van der Waals surface area contributed by atoms with E-state index < -0.39 is 0 Å². The third-order valence-electron chi connectivity index (χ3n) is 4.70. The Morgan fingerprint density at radius 2 is 1.83 bits per heavy atom. The van der Waals surface area contributed by atoms with Gasteiger partial charge in [-0.2, -0.15) is 0 Å². The van der Waals surface area contributed by atoms with Gasteiger partial charge in [-0.05, 0) is 29.4 Å². The maximum absolute atomic E-state index is 11.9. The van der Waals surface area contributed by atoms with Gasteiger partial charge in [0.2, 0.25) is 0 Å². The van der Waals surface area contributed by atoms with Crippen LogP contribution in [0.4, 0.5) is 0 Å². The summed E-state index contributed by atoms with van der Waals surface area (Å²) < 4.78 is 5.43. The van der Waals surface area contributed by atoms with Crippen LogP contribution in [0.15, 0.2) is 51.7 Å². The van der Waals surface area contributed by atoms with Gasteiger partial charge in [-0.3, -0.25) is 4.90 Å². The molecular weight excluding hydrogens is 288 g/mol. The minimum atomic E-state index is -0.267. The smallest absolute Gasteiger partial charge is 0.336 e. The zero-order chi connectivity index (χ0) is 15.8. The molecule has 4 rings (SSSR count). The monoisotopic (exact) mass is 308 g/mol. The Hall–Kier alpha value is -2.17. The lowest BCUT2D eigenvalue weighted by atomic mass is 10.0. The fraction of sp³-hybridized carbons (Fsp3) is 0.316. The molecule has 4 nitrogen and oxygen atoms in total. The van der Waals surface area contributed by atoms with Gasteiger partial charge in [0.1, 0.15) is 5.58 Å². The van der Waals surface area contributed by atoms with Crippen molar-refractivity contribution >= 4 is 21.7 Å². The maximum Gasteiger partial charge on any atom is 0.336 e. The van der Waals surface area contributed by atoms with Crippen molar-refractivity contribution < 1.29 is 4.42 Å². The highest BCUT2D eigenvalue weighted by molar-refractivity contribution is 6.07. The van der Waals surface area contributed by atoms with E-state index in [4.69, 9.17) is 4.42 Å². The van der Waals surface area contributed by atoms with Gasteiger partial charge in [-0.1, -0.05) is 30.3 Å². The standard InChI is InChI=1S/C19H20N2O2/c1-20-8-10-21(11-9-20)13-15-12-18(22)23-17-7-6-14-4-2-3-5-16(14)19(15)17/h2-7,12H,8-11,13H2,1H3. The molecule has 0 atom stereocenters. The summed E-state index contributed by atoms with van der Waals surface area (Å²) in [7, 11) is 2.15. The van der Waals surface area contributed by atoms with E-state index in [1.165, 1.54) is 5.39 Å². The van der Waals surface area contributed by atoms with Gasteiger partial charge in [0.25, 0.3) is 0 Å². The molecule has 1 aliphatic rings. The van der Waals surface area contributed by atoms with Crippen molar-refractivity contribution in [3.8, 4) is 0 Å². The highest BCUT2D eigenvalue weighted by atomic mass is 16.4. The van der Waals surface area contributed by atoms with Crippen LogP contribution in [0.2, 0.25) is 0 Å². The topological polar surface area (TPSA) is 36.7 Å². The van der Waals surface area contributed by atoms with Crippen LogP contribution in [-0.2, 0) is 6.54 Å². The molecule has 1 aromatic heterocycles. The molecule has 1 fully saturated rings. The van der Waals surface area contributed by atoms with E-state index >= 15 is 0 Å². The molecule has 3 aromatic rings. The Labute approximate surface area is 134 Å². The van der Waals surface area contributed by atoms with Crippen LogP contribution >= 0.6 is 0 Å². The Kier molecular flexibility index (Phi) is 3.63. The molecule has 23 heavy (non-hydrogen) atoms. The van der Waals surface area contributed by atoms with Gasteiger partial charge < -0.3 is 9.32 Å². The Bertz CT molecular complexity index is 908. The summed E-state index contributed by atoms with van der Waals surface area (Å²) in [5.41, 5.74) is 1.48. The molecule has 0 spiro atoms. The van der Waals surface area contributed by atoms with Crippen LogP contribution in [0.3, 0.4) is 0 Å². The van der Waals surface area contributed by atoms with Crippen molar-refractivity contribution in [1.29, 1.82) is 0 Å². The predicted molar refractivity (Wildman–Crippen MR) is 92.8 cm³/mol. The summed E-state index contributed by atoms with van der Waals surface area (Å²) in [5, 5.41) is 3.40. The van der Waals surface area contributed by atoms with Crippen molar-refractivity contribution in [3.63, 3.8) is 0 Å². The summed E-state index contributed by atoms with van der Waals surface area (Å²) in [6.45, 7) is 5.00. The molecule has 2 heterocycles. The highest BCUT2D eigenvalue weighted by Crippen LogP contribution is 2.28. The number of nitrogens with zero attached hydrogens (tertiary/aromatic N) is 2. The molecule has 4 heteroatoms. The van der Waals surface area contributed by atoms with Crippen LogP contribution in [0.1, 0.15) is 5.56 Å². The van der Waals surface area contributed by atoms with Crippen molar-refractivity contribution in [2.24, 2.45) is 0 Å². The van der Waals surface area contributed by atoms with Gasteiger partial charge in [0, 0.05) is 44.2 Å². The number of rotatable bonds is 2. The maximum atomic E-state index is 11.9. The van der Waals surface area contributed by atoms with Gasteiger partial charge in [0.15, 0.2) is 0 Å². The molecule has 118 valence electrons. The van der Waals surface area contributed by atoms with E-state index in [2.05, 4.69) is 29.0 Å². The van der Waals surface area contributed by atoms with Crippen molar-refractivity contribution in [2.45, 2.75) is 6.54 Å². The normalized spacial score (nSPS) is 17.1. The summed E-state index contributed by atoms with van der Waals surface area (Å²) in [6.07, 6.45) is 0. The summed E-state index contributed by atoms with van der Waals surface area (Å²) >= 11 is 0. The van der Waals surface area contributed by atoms with E-state index in [0.29, 0.717) is 5.58 Å². The predicted octanol–water partition coefficient (Wildman–Crippen LogP) is 2.69. The average Bonchev–Trinajstić information content (AvgIpc) is 2.56. The molecule has 2 aromatic carbocycles. The van der Waals surface area contributed by atoms with Crippen LogP contribution in [0.5, 0.6) is 0 Å². The lowest BCUT2D eigenvalue weighted by molar-refractivity contribution is 0.148. The van der Waals surface area contributed by atoms with E-state index in [1.54, 1.807) is 6.07 Å². The lowest BCUT2D eigenvalue weighted by Gasteiger charge is -2.32. The molecule has 0 amide bonds. The number of hydrogen-bond donors (Lipinski definition) is 0. The second-order valence-electron chi connectivity index (χ2n) is 6.33. The molecule has 1 saturated heterocycles. The first-order valence-electron chi connectivity index (χ1n) is 8.06. The second-order valence-corrected chi connectivity index (χ2v) is 6.33. The Morgan fingerprint density at radius 3 is 2.65 bits per heavy atom. The lowest BCUT2D eigenvalue weighted by Crippen LogP contribution is -2.43. The fourth-order valence-corrected chi connectivity index (χ4v) is 3.39. The van der Waals surface area contributed by atoms with E-state index in [1.807, 2.05) is 24.3 Å². The van der Waals surface area contributed by atoms with Gasteiger partial charge >= 0.3 is 5.63 Å². The van der Waals surface area contributed by atoms with Crippen LogP contribution < -0.4 is 5.63 Å². The average molecular weight is 308 g/mol. The molecule has 0 bridgehead atoms. The van der Waals surface area contributed by atoms with Gasteiger partial charge in [-0.15, -0.1) is 0 Å². The molecular formula is C19H20N2O2. The number of piperazine rings is 1. The zero-order valence-corrected chi connectivity index (χ0v) is 13.3. The SMILES string of the molecule is CN1CCN(Cc2cc(=O)oc3ccc4ccccc4c23)CC1. The first-order chi connectivity index (χ1) is 11.2. The molecule has 0 N–H and O–H groups in total. The van der Waals surface area contributed by atoms with Crippen molar-refractivity contribution in [1.82, 2.24) is 9.80 Å². The highest BCUT2D eigenvalue weighted by Gasteiger charge is 2.17. The molecule has 1 aliphatic heterocycles. The molecule has 0 radical (unpaired) electrons. The summed E-state index contributed by atoms with van der Waals surface area (Å²) in [6, 6.07) is 13.9. The zero-order valence-electron chi connectivity index (χ0n) is 13.3. The van der Waals surface area contributed by atoms with Crippen molar-refractivity contribution in [2.75, 3.05) is 33.2 Å². The summed E-state index contributed by atoms with van der Waals surface area (Å²) in [4.78, 5) is 16.7. The number of hydrogen-bond acceptors (Lipinski definition) is 4. The third-order valence-corrected chi connectivity index (χ3v) is 4.70. The van der Waals surface area contributed by atoms with E-state index in [-0.39, 0.29) is 5.63 Å². The van der Waals surface area contributed by atoms with Gasteiger partial charge in [-0.25, -0.2) is 4.79 Å². The number of fused-ring (bicyclic) bond motifs is 3. The fourth-order valence-electron chi connectivity index (χ4n) is 3.39.